The second-order valence-corrected chi connectivity index (χ2v) is 6.92. The lowest BCUT2D eigenvalue weighted by molar-refractivity contribution is -0.133. The van der Waals surface area contributed by atoms with Crippen molar-refractivity contribution in [3.63, 3.8) is 0 Å². The Hall–Kier alpha value is -1.89. The van der Waals surface area contributed by atoms with Crippen molar-refractivity contribution in [1.29, 1.82) is 0 Å². The number of hydrogen-bond donors (Lipinski definition) is 0. The second-order valence-electron chi connectivity index (χ2n) is 4.93. The maximum atomic E-state index is 12.0. The summed E-state index contributed by atoms with van der Waals surface area (Å²) in [6.45, 7) is 0.990. The molecule has 114 valence electrons. The molecule has 21 heavy (non-hydrogen) atoms. The first-order chi connectivity index (χ1) is 9.89. The first-order valence-corrected chi connectivity index (χ1v) is 8.53. The molecule has 0 saturated carbocycles. The van der Waals surface area contributed by atoms with Crippen LogP contribution in [0, 0.1) is 0 Å². The van der Waals surface area contributed by atoms with Crippen LogP contribution >= 0.6 is 0 Å². The number of sulfone groups is 1. The molecule has 0 spiro atoms. The number of hydrogen-bond acceptors (Lipinski definition) is 5. The van der Waals surface area contributed by atoms with Gasteiger partial charge in [0.1, 0.15) is 0 Å². The molecule has 0 bridgehead atoms. The molecule has 0 radical (unpaired) electrons. The van der Waals surface area contributed by atoms with E-state index in [2.05, 4.69) is 0 Å². The molecule has 1 aromatic rings. The van der Waals surface area contributed by atoms with E-state index in [1.165, 1.54) is 18.2 Å². The van der Waals surface area contributed by atoms with E-state index in [1.807, 2.05) is 0 Å². The maximum absolute atomic E-state index is 12.0. The van der Waals surface area contributed by atoms with E-state index in [-0.39, 0.29) is 23.0 Å². The number of ether oxygens (including phenoxy) is 1. The molecule has 1 heterocycles. The first-order valence-electron chi connectivity index (χ1n) is 6.63. The molecule has 7 heteroatoms. The van der Waals surface area contributed by atoms with Gasteiger partial charge in [-0.25, -0.2) is 13.2 Å². The molecule has 1 fully saturated rings. The van der Waals surface area contributed by atoms with Crippen LogP contribution in [0.15, 0.2) is 29.2 Å². The Labute approximate surface area is 123 Å². The lowest BCUT2D eigenvalue weighted by Gasteiger charge is -2.15. The number of benzene rings is 1. The molecule has 1 amide bonds. The maximum Gasteiger partial charge on any atom is 0.339 e. The van der Waals surface area contributed by atoms with E-state index >= 15 is 0 Å². The molecule has 0 aromatic heterocycles. The van der Waals surface area contributed by atoms with Gasteiger partial charge in [0.2, 0.25) is 0 Å². The molecule has 1 aliphatic heterocycles. The molecule has 1 aromatic carbocycles. The third-order valence-corrected chi connectivity index (χ3v) is 4.45. The predicted octanol–water partition coefficient (Wildman–Crippen LogP) is 0.869. The molecule has 0 unspecified atom stereocenters. The van der Waals surface area contributed by atoms with Crippen LogP contribution in [0.25, 0.3) is 0 Å². The zero-order valence-corrected chi connectivity index (χ0v) is 12.6. The molecule has 2 rings (SSSR count). The van der Waals surface area contributed by atoms with Gasteiger partial charge in [0, 0.05) is 19.3 Å². The van der Waals surface area contributed by atoms with Gasteiger partial charge in [0.15, 0.2) is 16.4 Å². The first kappa shape index (κ1) is 15.5. The van der Waals surface area contributed by atoms with Crippen LogP contribution < -0.4 is 0 Å². The summed E-state index contributed by atoms with van der Waals surface area (Å²) in [5.41, 5.74) is -0.0470. The summed E-state index contributed by atoms with van der Waals surface area (Å²) < 4.78 is 28.2. The molecule has 1 saturated heterocycles. The zero-order chi connectivity index (χ0) is 15.5. The summed E-state index contributed by atoms with van der Waals surface area (Å²) in [6.07, 6.45) is 2.93. The molecule has 0 atom stereocenters. The molecule has 6 nitrogen and oxygen atoms in total. The largest absolute Gasteiger partial charge is 0.452 e. The number of nitrogens with zero attached hydrogens (tertiary/aromatic N) is 1. The van der Waals surface area contributed by atoms with Gasteiger partial charge in [0.05, 0.1) is 10.5 Å². The molecule has 1 aliphatic rings. The summed E-state index contributed by atoms with van der Waals surface area (Å²) in [4.78, 5) is 25.3. The Morgan fingerprint density at radius 2 is 1.81 bits per heavy atom. The summed E-state index contributed by atoms with van der Waals surface area (Å²) in [5, 5.41) is 0. The fraction of sp³-hybridized carbons (Fsp3) is 0.429. The molecule has 0 N–H and O–H groups in total. The van der Waals surface area contributed by atoms with Gasteiger partial charge in [-0.1, -0.05) is 12.1 Å². The van der Waals surface area contributed by atoms with E-state index < -0.39 is 15.8 Å². The smallest absolute Gasteiger partial charge is 0.339 e. The van der Waals surface area contributed by atoms with Crippen LogP contribution in [0.3, 0.4) is 0 Å². The number of likely N-dealkylation sites (tertiary alicyclic amines) is 1. The zero-order valence-electron chi connectivity index (χ0n) is 11.7. The van der Waals surface area contributed by atoms with E-state index in [0.717, 1.165) is 19.1 Å². The normalized spacial score (nSPS) is 15.0. The van der Waals surface area contributed by atoms with E-state index in [0.29, 0.717) is 13.1 Å². The average molecular weight is 311 g/mol. The highest BCUT2D eigenvalue weighted by molar-refractivity contribution is 7.90. The number of rotatable bonds is 4. The standard InChI is InChI=1S/C14H17NO5S/c1-21(18,19)12-7-3-2-6-11(12)14(17)20-10-13(16)15-8-4-5-9-15/h2-3,6-7H,4-5,8-10H2,1H3. The van der Waals surface area contributed by atoms with Crippen molar-refractivity contribution in [2.45, 2.75) is 17.7 Å². The molecular weight excluding hydrogens is 294 g/mol. The van der Waals surface area contributed by atoms with Gasteiger partial charge in [-0.2, -0.15) is 0 Å². The van der Waals surface area contributed by atoms with Crippen molar-refractivity contribution in [2.75, 3.05) is 26.0 Å². The van der Waals surface area contributed by atoms with Gasteiger partial charge < -0.3 is 9.64 Å². The SMILES string of the molecule is CS(=O)(=O)c1ccccc1C(=O)OCC(=O)N1CCCC1. The van der Waals surface area contributed by atoms with Gasteiger partial charge in [-0.15, -0.1) is 0 Å². The Bertz CT molecular complexity index is 647. The van der Waals surface area contributed by atoms with Crippen molar-refractivity contribution in [3.8, 4) is 0 Å². The summed E-state index contributed by atoms with van der Waals surface area (Å²) in [6, 6.07) is 5.80. The summed E-state index contributed by atoms with van der Waals surface area (Å²) in [7, 11) is -3.53. The lowest BCUT2D eigenvalue weighted by atomic mass is 10.2. The van der Waals surface area contributed by atoms with E-state index in [4.69, 9.17) is 4.74 Å². The van der Waals surface area contributed by atoms with Crippen molar-refractivity contribution < 1.29 is 22.7 Å². The van der Waals surface area contributed by atoms with Gasteiger partial charge in [-0.3, -0.25) is 4.79 Å². The third-order valence-electron chi connectivity index (χ3n) is 3.29. The second kappa shape index (κ2) is 6.26. The predicted molar refractivity (Wildman–Crippen MR) is 75.6 cm³/mol. The fourth-order valence-corrected chi connectivity index (χ4v) is 3.10. The topological polar surface area (TPSA) is 80.7 Å². The highest BCUT2D eigenvalue weighted by Gasteiger charge is 2.22. The fourth-order valence-electron chi connectivity index (χ4n) is 2.22. The quantitative estimate of drug-likeness (QED) is 0.771. The highest BCUT2D eigenvalue weighted by Crippen LogP contribution is 2.16. The minimum absolute atomic E-state index is 0.0470. The molecular formula is C14H17NO5S. The lowest BCUT2D eigenvalue weighted by Crippen LogP contribution is -2.32. The van der Waals surface area contributed by atoms with Crippen LogP contribution in [0.1, 0.15) is 23.2 Å². The summed E-state index contributed by atoms with van der Waals surface area (Å²) in [5.74, 6) is -1.05. The average Bonchev–Trinajstić information content (AvgIpc) is 2.97. The molecule has 0 aliphatic carbocycles. The Balaban J connectivity index is 2.06. The Kier molecular flexibility index (Phi) is 4.62. The third kappa shape index (κ3) is 3.81. The van der Waals surface area contributed by atoms with Gasteiger partial charge in [-0.05, 0) is 25.0 Å². The Morgan fingerprint density at radius 1 is 1.19 bits per heavy atom. The van der Waals surface area contributed by atoms with Gasteiger partial charge >= 0.3 is 5.97 Å². The van der Waals surface area contributed by atoms with Crippen molar-refractivity contribution >= 4 is 21.7 Å². The number of esters is 1. The van der Waals surface area contributed by atoms with Crippen LogP contribution in [0.5, 0.6) is 0 Å². The van der Waals surface area contributed by atoms with Gasteiger partial charge in [0.25, 0.3) is 5.91 Å². The van der Waals surface area contributed by atoms with Crippen LogP contribution in [0.4, 0.5) is 0 Å². The number of amides is 1. The Morgan fingerprint density at radius 3 is 2.43 bits per heavy atom. The van der Waals surface area contributed by atoms with Crippen LogP contribution in [0.2, 0.25) is 0 Å². The minimum atomic E-state index is -3.53. The van der Waals surface area contributed by atoms with Crippen LogP contribution in [-0.2, 0) is 19.4 Å². The summed E-state index contributed by atoms with van der Waals surface area (Å²) >= 11 is 0. The number of carbonyl (C=O) groups is 2. The van der Waals surface area contributed by atoms with Crippen molar-refractivity contribution in [1.82, 2.24) is 4.90 Å². The van der Waals surface area contributed by atoms with Crippen molar-refractivity contribution in [3.05, 3.63) is 29.8 Å². The van der Waals surface area contributed by atoms with E-state index in [9.17, 15) is 18.0 Å². The number of carbonyl (C=O) groups excluding carboxylic acids is 2. The monoisotopic (exact) mass is 311 g/mol. The van der Waals surface area contributed by atoms with Crippen LogP contribution in [-0.4, -0.2) is 51.1 Å². The highest BCUT2D eigenvalue weighted by atomic mass is 32.2. The minimum Gasteiger partial charge on any atom is -0.452 e. The van der Waals surface area contributed by atoms with E-state index in [1.54, 1.807) is 11.0 Å². The van der Waals surface area contributed by atoms with Crippen molar-refractivity contribution in [2.24, 2.45) is 0 Å².